The summed E-state index contributed by atoms with van der Waals surface area (Å²) < 4.78 is 28.5. The molecule has 0 saturated heterocycles. The Morgan fingerprint density at radius 3 is 2.21 bits per heavy atom. The first-order chi connectivity index (χ1) is 13.9. The van der Waals surface area contributed by atoms with Crippen molar-refractivity contribution in [3.63, 3.8) is 0 Å². The van der Waals surface area contributed by atoms with Crippen molar-refractivity contribution in [2.75, 3.05) is 0 Å². The highest BCUT2D eigenvalue weighted by Crippen LogP contribution is 2.22. The van der Waals surface area contributed by atoms with Crippen molar-refractivity contribution in [1.82, 2.24) is 10.0 Å². The van der Waals surface area contributed by atoms with Crippen LogP contribution >= 0.6 is 0 Å². The lowest BCUT2D eigenvalue weighted by Crippen LogP contribution is -2.38. The molecule has 1 aliphatic carbocycles. The highest BCUT2D eigenvalue weighted by molar-refractivity contribution is 7.89. The van der Waals surface area contributed by atoms with Crippen molar-refractivity contribution >= 4 is 15.9 Å². The van der Waals surface area contributed by atoms with Gasteiger partial charge in [-0.25, -0.2) is 13.1 Å². The summed E-state index contributed by atoms with van der Waals surface area (Å²) in [5.74, 6) is -0.114. The van der Waals surface area contributed by atoms with Crippen LogP contribution < -0.4 is 10.0 Å². The van der Waals surface area contributed by atoms with E-state index in [4.69, 9.17) is 0 Å². The van der Waals surface area contributed by atoms with Gasteiger partial charge in [-0.05, 0) is 37.5 Å². The van der Waals surface area contributed by atoms with Gasteiger partial charge in [-0.1, -0.05) is 73.7 Å². The molecule has 1 atom stereocenters. The summed E-state index contributed by atoms with van der Waals surface area (Å²) in [6.45, 7) is 1.91. The SMILES string of the molecule is Cc1ccc(S(=O)(=O)N[C@@H](CC(=O)NC2CCCCCC2)c2ccccc2)cc1. The molecule has 2 aromatic carbocycles. The molecule has 1 fully saturated rings. The Balaban J connectivity index is 1.74. The van der Waals surface area contributed by atoms with Gasteiger partial charge in [0.15, 0.2) is 0 Å². The van der Waals surface area contributed by atoms with Gasteiger partial charge in [0.05, 0.1) is 10.9 Å². The maximum absolute atomic E-state index is 12.9. The first-order valence-corrected chi connectivity index (χ1v) is 11.9. The fourth-order valence-electron chi connectivity index (χ4n) is 3.78. The summed E-state index contributed by atoms with van der Waals surface area (Å²) >= 11 is 0. The predicted molar refractivity (Wildman–Crippen MR) is 115 cm³/mol. The average molecular weight is 415 g/mol. The first-order valence-electron chi connectivity index (χ1n) is 10.4. The summed E-state index contributed by atoms with van der Waals surface area (Å²) in [5.41, 5.74) is 1.77. The van der Waals surface area contributed by atoms with Gasteiger partial charge in [-0.15, -0.1) is 0 Å². The monoisotopic (exact) mass is 414 g/mol. The zero-order chi connectivity index (χ0) is 20.7. The molecule has 0 bridgehead atoms. The molecule has 1 amide bonds. The Morgan fingerprint density at radius 1 is 0.966 bits per heavy atom. The first kappa shape index (κ1) is 21.5. The van der Waals surface area contributed by atoms with Gasteiger partial charge in [0.1, 0.15) is 0 Å². The average Bonchev–Trinajstić information content (AvgIpc) is 2.97. The molecule has 0 aromatic heterocycles. The van der Waals surface area contributed by atoms with E-state index in [-0.39, 0.29) is 23.3 Å². The van der Waals surface area contributed by atoms with Crippen LogP contribution in [0, 0.1) is 6.92 Å². The van der Waals surface area contributed by atoms with Crippen LogP contribution in [0.4, 0.5) is 0 Å². The molecule has 1 aliphatic rings. The van der Waals surface area contributed by atoms with E-state index in [2.05, 4.69) is 10.0 Å². The molecule has 3 rings (SSSR count). The molecular formula is C23H30N2O3S. The van der Waals surface area contributed by atoms with E-state index in [0.29, 0.717) is 0 Å². The number of hydrogen-bond acceptors (Lipinski definition) is 3. The molecule has 156 valence electrons. The quantitative estimate of drug-likeness (QED) is 0.665. The number of sulfonamides is 1. The summed E-state index contributed by atoms with van der Waals surface area (Å²) in [4.78, 5) is 12.9. The number of rotatable bonds is 7. The lowest BCUT2D eigenvalue weighted by molar-refractivity contribution is -0.122. The van der Waals surface area contributed by atoms with Crippen LogP contribution in [0.1, 0.15) is 62.1 Å². The summed E-state index contributed by atoms with van der Waals surface area (Å²) in [6.07, 6.45) is 6.77. The smallest absolute Gasteiger partial charge is 0.241 e. The molecule has 29 heavy (non-hydrogen) atoms. The summed E-state index contributed by atoms with van der Waals surface area (Å²) in [6, 6.07) is 15.6. The van der Waals surface area contributed by atoms with Crippen molar-refractivity contribution in [1.29, 1.82) is 0 Å². The van der Waals surface area contributed by atoms with Gasteiger partial charge in [0.2, 0.25) is 15.9 Å². The van der Waals surface area contributed by atoms with E-state index in [1.807, 2.05) is 37.3 Å². The maximum atomic E-state index is 12.9. The molecule has 1 saturated carbocycles. The van der Waals surface area contributed by atoms with Crippen LogP contribution in [0.3, 0.4) is 0 Å². The van der Waals surface area contributed by atoms with Gasteiger partial charge in [0.25, 0.3) is 0 Å². The molecule has 0 spiro atoms. The number of aryl methyl sites for hydroxylation is 1. The van der Waals surface area contributed by atoms with Crippen LogP contribution in [-0.2, 0) is 14.8 Å². The third kappa shape index (κ3) is 6.41. The molecule has 0 unspecified atom stereocenters. The van der Waals surface area contributed by atoms with E-state index < -0.39 is 16.1 Å². The minimum absolute atomic E-state index is 0.0750. The van der Waals surface area contributed by atoms with Crippen molar-refractivity contribution < 1.29 is 13.2 Å². The van der Waals surface area contributed by atoms with E-state index in [0.717, 1.165) is 36.8 Å². The Bertz CT molecular complexity index is 887. The highest BCUT2D eigenvalue weighted by atomic mass is 32.2. The second-order valence-electron chi connectivity index (χ2n) is 7.86. The largest absolute Gasteiger partial charge is 0.353 e. The number of carbonyl (C=O) groups excluding carboxylic acids is 1. The molecule has 0 aliphatic heterocycles. The Morgan fingerprint density at radius 2 is 1.59 bits per heavy atom. The van der Waals surface area contributed by atoms with Crippen LogP contribution in [0.5, 0.6) is 0 Å². The maximum Gasteiger partial charge on any atom is 0.241 e. The molecule has 0 heterocycles. The van der Waals surface area contributed by atoms with Crippen molar-refractivity contribution in [2.45, 2.75) is 68.8 Å². The van der Waals surface area contributed by atoms with E-state index in [1.54, 1.807) is 24.3 Å². The lowest BCUT2D eigenvalue weighted by Gasteiger charge is -2.21. The van der Waals surface area contributed by atoms with E-state index in [9.17, 15) is 13.2 Å². The number of carbonyl (C=O) groups is 1. The van der Waals surface area contributed by atoms with Gasteiger partial charge >= 0.3 is 0 Å². The molecule has 2 aromatic rings. The minimum Gasteiger partial charge on any atom is -0.353 e. The topological polar surface area (TPSA) is 75.3 Å². The Kier molecular flexibility index (Phi) is 7.45. The van der Waals surface area contributed by atoms with Gasteiger partial charge in [-0.3, -0.25) is 4.79 Å². The normalized spacial score (nSPS) is 16.7. The predicted octanol–water partition coefficient (Wildman–Crippen LogP) is 4.24. The summed E-state index contributed by atoms with van der Waals surface area (Å²) in [5, 5.41) is 3.12. The Hall–Kier alpha value is -2.18. The molecule has 2 N–H and O–H groups in total. The molecular weight excluding hydrogens is 384 g/mol. The van der Waals surface area contributed by atoms with Crippen molar-refractivity contribution in [3.8, 4) is 0 Å². The van der Waals surface area contributed by atoms with Crippen LogP contribution in [-0.4, -0.2) is 20.4 Å². The lowest BCUT2D eigenvalue weighted by atomic mass is 10.0. The van der Waals surface area contributed by atoms with Gasteiger partial charge in [-0.2, -0.15) is 0 Å². The minimum atomic E-state index is -3.74. The Labute approximate surface area is 174 Å². The second kappa shape index (κ2) is 10.0. The molecule has 6 heteroatoms. The summed E-state index contributed by atoms with van der Waals surface area (Å²) in [7, 11) is -3.74. The van der Waals surface area contributed by atoms with Crippen LogP contribution in [0.15, 0.2) is 59.5 Å². The number of benzene rings is 2. The van der Waals surface area contributed by atoms with Gasteiger partial charge in [0, 0.05) is 12.5 Å². The van der Waals surface area contributed by atoms with Crippen molar-refractivity contribution in [3.05, 3.63) is 65.7 Å². The number of hydrogen-bond donors (Lipinski definition) is 2. The van der Waals surface area contributed by atoms with E-state index in [1.165, 1.54) is 12.8 Å². The van der Waals surface area contributed by atoms with Crippen molar-refractivity contribution in [2.24, 2.45) is 0 Å². The van der Waals surface area contributed by atoms with Crippen LogP contribution in [0.2, 0.25) is 0 Å². The number of nitrogens with one attached hydrogen (secondary N) is 2. The van der Waals surface area contributed by atoms with Crippen LogP contribution in [0.25, 0.3) is 0 Å². The number of amides is 1. The molecule has 0 radical (unpaired) electrons. The fourth-order valence-corrected chi connectivity index (χ4v) is 5.01. The zero-order valence-corrected chi connectivity index (χ0v) is 17.8. The second-order valence-corrected chi connectivity index (χ2v) is 9.57. The highest BCUT2D eigenvalue weighted by Gasteiger charge is 2.25. The third-order valence-corrected chi connectivity index (χ3v) is 6.93. The van der Waals surface area contributed by atoms with E-state index >= 15 is 0 Å². The zero-order valence-electron chi connectivity index (χ0n) is 16.9. The third-order valence-electron chi connectivity index (χ3n) is 5.44. The standard InChI is InChI=1S/C23H30N2O3S/c1-18-13-15-21(16-14-18)29(27,28)25-22(19-9-5-4-6-10-19)17-23(26)24-20-11-7-2-3-8-12-20/h4-6,9-10,13-16,20,22,25H,2-3,7-8,11-12,17H2,1H3,(H,24,26)/t22-/m0/s1. The fraction of sp³-hybridized carbons (Fsp3) is 0.435. The van der Waals surface area contributed by atoms with Gasteiger partial charge < -0.3 is 5.32 Å². The molecule has 5 nitrogen and oxygen atoms in total.